The van der Waals surface area contributed by atoms with Crippen molar-refractivity contribution in [1.82, 2.24) is 15.3 Å². The van der Waals surface area contributed by atoms with Gasteiger partial charge in [-0.25, -0.2) is 9.97 Å². The summed E-state index contributed by atoms with van der Waals surface area (Å²) in [5.74, 6) is 0. The minimum atomic E-state index is 0.258. The molecule has 0 fully saturated rings. The van der Waals surface area contributed by atoms with Crippen molar-refractivity contribution in [2.75, 3.05) is 33.5 Å². The highest BCUT2D eigenvalue weighted by atomic mass is 16.5. The van der Waals surface area contributed by atoms with Crippen LogP contribution in [0.25, 0.3) is 0 Å². The van der Waals surface area contributed by atoms with Crippen LogP contribution < -0.4 is 5.32 Å². The van der Waals surface area contributed by atoms with Crippen molar-refractivity contribution in [3.63, 3.8) is 0 Å². The molecule has 0 aliphatic carbocycles. The summed E-state index contributed by atoms with van der Waals surface area (Å²) in [4.78, 5) is 8.12. The minimum Gasteiger partial charge on any atom is -0.382 e. The van der Waals surface area contributed by atoms with Crippen LogP contribution in [0, 0.1) is 0 Å². The molecule has 5 nitrogen and oxygen atoms in total. The molecule has 0 spiro atoms. The predicted molar refractivity (Wildman–Crippen MR) is 70.4 cm³/mol. The predicted octanol–water partition coefficient (Wildman–Crippen LogP) is 1.57. The van der Waals surface area contributed by atoms with Crippen molar-refractivity contribution in [2.45, 2.75) is 25.8 Å². The Hall–Kier alpha value is -1.04. The Kier molecular flexibility index (Phi) is 8.29. The first-order valence-corrected chi connectivity index (χ1v) is 6.43. The highest BCUT2D eigenvalue weighted by Crippen LogP contribution is 2.14. The lowest BCUT2D eigenvalue weighted by molar-refractivity contribution is 0.0657. The average Bonchev–Trinajstić information content (AvgIpc) is 2.43. The third-order valence-electron chi connectivity index (χ3n) is 2.61. The molecular formula is C13H23N3O2. The molecule has 1 rings (SSSR count). The van der Waals surface area contributed by atoms with Gasteiger partial charge in [0.2, 0.25) is 0 Å². The summed E-state index contributed by atoms with van der Waals surface area (Å²) < 4.78 is 10.4. The maximum absolute atomic E-state index is 5.50. The third-order valence-corrected chi connectivity index (χ3v) is 2.61. The van der Waals surface area contributed by atoms with E-state index in [4.69, 9.17) is 9.47 Å². The molecule has 1 unspecified atom stereocenters. The van der Waals surface area contributed by atoms with E-state index < -0.39 is 0 Å². The fraction of sp³-hybridized carbons (Fsp3) is 0.692. The van der Waals surface area contributed by atoms with E-state index in [0.29, 0.717) is 19.8 Å². The Morgan fingerprint density at radius 2 is 2.00 bits per heavy atom. The standard InChI is InChI=1S/C13H23N3O2/c1-3-5-16-13(4-6-18-8-7-17-2)12-9-14-11-15-10-12/h9-11,13,16H,3-8H2,1-2H3. The summed E-state index contributed by atoms with van der Waals surface area (Å²) in [5, 5.41) is 3.49. The van der Waals surface area contributed by atoms with Gasteiger partial charge >= 0.3 is 0 Å². The van der Waals surface area contributed by atoms with Crippen LogP contribution in [0.15, 0.2) is 18.7 Å². The van der Waals surface area contributed by atoms with Gasteiger partial charge in [-0.2, -0.15) is 0 Å². The van der Waals surface area contributed by atoms with Crippen LogP contribution >= 0.6 is 0 Å². The SMILES string of the molecule is CCCNC(CCOCCOC)c1cncnc1. The summed E-state index contributed by atoms with van der Waals surface area (Å²) in [6.07, 6.45) is 7.28. The van der Waals surface area contributed by atoms with Gasteiger partial charge in [-0.15, -0.1) is 0 Å². The van der Waals surface area contributed by atoms with Crippen LogP contribution in [0.4, 0.5) is 0 Å². The number of nitrogens with one attached hydrogen (secondary N) is 1. The smallest absolute Gasteiger partial charge is 0.115 e. The number of rotatable bonds is 10. The number of aromatic nitrogens is 2. The van der Waals surface area contributed by atoms with E-state index in [1.807, 2.05) is 12.4 Å². The van der Waals surface area contributed by atoms with Gasteiger partial charge in [-0.05, 0) is 19.4 Å². The zero-order chi connectivity index (χ0) is 13.1. The number of hydrogen-bond acceptors (Lipinski definition) is 5. The number of nitrogens with zero attached hydrogens (tertiary/aromatic N) is 2. The maximum Gasteiger partial charge on any atom is 0.115 e. The quantitative estimate of drug-likeness (QED) is 0.641. The molecule has 0 saturated heterocycles. The highest BCUT2D eigenvalue weighted by Gasteiger charge is 2.10. The molecule has 0 aliphatic heterocycles. The Morgan fingerprint density at radius 1 is 1.22 bits per heavy atom. The Balaban J connectivity index is 2.36. The number of methoxy groups -OCH3 is 1. The van der Waals surface area contributed by atoms with Crippen molar-refractivity contribution >= 4 is 0 Å². The van der Waals surface area contributed by atoms with E-state index >= 15 is 0 Å². The minimum absolute atomic E-state index is 0.258. The molecule has 1 N–H and O–H groups in total. The normalized spacial score (nSPS) is 12.6. The van der Waals surface area contributed by atoms with Gasteiger partial charge in [0, 0.05) is 37.7 Å². The van der Waals surface area contributed by atoms with Gasteiger partial charge in [-0.1, -0.05) is 6.92 Å². The van der Waals surface area contributed by atoms with Gasteiger partial charge in [0.05, 0.1) is 13.2 Å². The monoisotopic (exact) mass is 253 g/mol. The van der Waals surface area contributed by atoms with Crippen molar-refractivity contribution in [3.05, 3.63) is 24.3 Å². The molecule has 102 valence electrons. The fourth-order valence-electron chi connectivity index (χ4n) is 1.64. The van der Waals surface area contributed by atoms with E-state index in [0.717, 1.165) is 24.9 Å². The van der Waals surface area contributed by atoms with Crippen molar-refractivity contribution in [1.29, 1.82) is 0 Å². The first-order valence-electron chi connectivity index (χ1n) is 6.43. The first-order chi connectivity index (χ1) is 8.88. The van der Waals surface area contributed by atoms with E-state index in [1.165, 1.54) is 0 Å². The molecule has 1 heterocycles. The van der Waals surface area contributed by atoms with Gasteiger partial charge in [0.1, 0.15) is 6.33 Å². The van der Waals surface area contributed by atoms with Gasteiger partial charge < -0.3 is 14.8 Å². The largest absolute Gasteiger partial charge is 0.382 e. The second kappa shape index (κ2) is 9.94. The molecule has 0 radical (unpaired) electrons. The highest BCUT2D eigenvalue weighted by molar-refractivity contribution is 5.08. The molecule has 0 aromatic carbocycles. The van der Waals surface area contributed by atoms with Gasteiger partial charge in [0.15, 0.2) is 0 Å². The molecular weight excluding hydrogens is 230 g/mol. The van der Waals surface area contributed by atoms with Crippen LogP contribution in [0.2, 0.25) is 0 Å². The molecule has 1 aromatic heterocycles. The van der Waals surface area contributed by atoms with Crippen molar-refractivity contribution in [2.24, 2.45) is 0 Å². The maximum atomic E-state index is 5.50. The zero-order valence-corrected chi connectivity index (χ0v) is 11.3. The summed E-state index contributed by atoms with van der Waals surface area (Å²) in [5.41, 5.74) is 1.11. The van der Waals surface area contributed by atoms with Crippen molar-refractivity contribution in [3.8, 4) is 0 Å². The molecule has 1 atom stereocenters. The fourth-order valence-corrected chi connectivity index (χ4v) is 1.64. The van der Waals surface area contributed by atoms with Crippen LogP contribution in [0.5, 0.6) is 0 Å². The second-order valence-electron chi connectivity index (χ2n) is 4.07. The van der Waals surface area contributed by atoms with E-state index in [2.05, 4.69) is 22.2 Å². The third kappa shape index (κ3) is 6.05. The average molecular weight is 253 g/mol. The molecule has 0 amide bonds. The van der Waals surface area contributed by atoms with Crippen LogP contribution in [0.3, 0.4) is 0 Å². The molecule has 5 heteroatoms. The summed E-state index contributed by atoms with van der Waals surface area (Å²) in [6.45, 7) is 5.13. The number of ether oxygens (including phenoxy) is 2. The van der Waals surface area contributed by atoms with E-state index in [-0.39, 0.29) is 6.04 Å². The lowest BCUT2D eigenvalue weighted by Crippen LogP contribution is -2.24. The molecule has 0 saturated carbocycles. The first kappa shape index (κ1) is 15.0. The van der Waals surface area contributed by atoms with Gasteiger partial charge in [-0.3, -0.25) is 0 Å². The lowest BCUT2D eigenvalue weighted by atomic mass is 10.1. The van der Waals surface area contributed by atoms with Crippen molar-refractivity contribution < 1.29 is 9.47 Å². The Labute approximate surface area is 109 Å². The van der Waals surface area contributed by atoms with Crippen LogP contribution in [-0.4, -0.2) is 43.4 Å². The van der Waals surface area contributed by atoms with Crippen LogP contribution in [-0.2, 0) is 9.47 Å². The zero-order valence-electron chi connectivity index (χ0n) is 11.3. The number of hydrogen-bond donors (Lipinski definition) is 1. The van der Waals surface area contributed by atoms with Gasteiger partial charge in [0.25, 0.3) is 0 Å². The topological polar surface area (TPSA) is 56.3 Å². The summed E-state index contributed by atoms with van der Waals surface area (Å²) >= 11 is 0. The Morgan fingerprint density at radius 3 is 2.67 bits per heavy atom. The Bertz CT molecular complexity index is 296. The second-order valence-corrected chi connectivity index (χ2v) is 4.07. The molecule has 18 heavy (non-hydrogen) atoms. The molecule has 0 bridgehead atoms. The van der Waals surface area contributed by atoms with E-state index in [1.54, 1.807) is 13.4 Å². The van der Waals surface area contributed by atoms with E-state index in [9.17, 15) is 0 Å². The summed E-state index contributed by atoms with van der Waals surface area (Å²) in [6, 6.07) is 0.258. The molecule has 0 aliphatic rings. The summed E-state index contributed by atoms with van der Waals surface area (Å²) in [7, 11) is 1.68. The van der Waals surface area contributed by atoms with Crippen LogP contribution in [0.1, 0.15) is 31.4 Å². The lowest BCUT2D eigenvalue weighted by Gasteiger charge is -2.18. The molecule has 1 aromatic rings.